The minimum Gasteiger partial charge on any atom is -0.495 e. The van der Waals surface area contributed by atoms with Crippen molar-refractivity contribution in [3.63, 3.8) is 0 Å². The van der Waals surface area contributed by atoms with Crippen LogP contribution in [0.4, 0.5) is 5.69 Å². The lowest BCUT2D eigenvalue weighted by molar-refractivity contribution is -0.150. The molecule has 0 aliphatic heterocycles. The molecule has 0 unspecified atom stereocenters. The Bertz CT molecular complexity index is 786. The van der Waals surface area contributed by atoms with Crippen LogP contribution in [0.15, 0.2) is 42.5 Å². The highest BCUT2D eigenvalue weighted by atomic mass is 16.6. The number of nitrogens with one attached hydrogen (secondary N) is 1. The molecule has 0 heterocycles. The van der Waals surface area contributed by atoms with E-state index in [0.717, 1.165) is 12.0 Å². The van der Waals surface area contributed by atoms with E-state index in [4.69, 9.17) is 14.2 Å². The van der Waals surface area contributed by atoms with Crippen molar-refractivity contribution >= 4 is 17.6 Å². The van der Waals surface area contributed by atoms with E-state index >= 15 is 0 Å². The molecule has 0 saturated carbocycles. The minimum atomic E-state index is -0.419. The highest BCUT2D eigenvalue weighted by Crippen LogP contribution is 2.26. The quantitative estimate of drug-likeness (QED) is 0.711. The third-order valence-corrected chi connectivity index (χ3v) is 3.98. The smallest absolute Gasteiger partial charge is 0.344 e. The second-order valence-corrected chi connectivity index (χ2v) is 6.18. The van der Waals surface area contributed by atoms with Gasteiger partial charge in [-0.15, -0.1) is 0 Å². The maximum Gasteiger partial charge on any atom is 0.344 e. The fraction of sp³-hybridized carbons (Fsp3) is 0.333. The third-order valence-electron chi connectivity index (χ3n) is 3.98. The first-order valence-corrected chi connectivity index (χ1v) is 8.81. The lowest BCUT2D eigenvalue weighted by Crippen LogP contribution is -2.20. The van der Waals surface area contributed by atoms with Crippen LogP contribution >= 0.6 is 0 Å². The number of rotatable bonds is 8. The summed E-state index contributed by atoms with van der Waals surface area (Å²) < 4.78 is 15.8. The van der Waals surface area contributed by atoms with Gasteiger partial charge in [-0.25, -0.2) is 4.79 Å². The number of anilines is 1. The van der Waals surface area contributed by atoms with E-state index in [1.807, 2.05) is 32.9 Å². The lowest BCUT2D eigenvalue weighted by atomic mass is 10.1. The van der Waals surface area contributed by atoms with E-state index in [1.165, 1.54) is 0 Å². The van der Waals surface area contributed by atoms with E-state index in [9.17, 15) is 9.59 Å². The van der Waals surface area contributed by atoms with Gasteiger partial charge in [-0.05, 0) is 62.2 Å². The Hall–Kier alpha value is -3.02. The van der Waals surface area contributed by atoms with Gasteiger partial charge in [-0.2, -0.15) is 0 Å². The van der Waals surface area contributed by atoms with Crippen LogP contribution in [0.2, 0.25) is 0 Å². The van der Waals surface area contributed by atoms with Crippen molar-refractivity contribution in [1.82, 2.24) is 0 Å². The monoisotopic (exact) mass is 371 g/mol. The number of carbonyl (C=O) groups is 2. The summed E-state index contributed by atoms with van der Waals surface area (Å²) in [6.07, 6.45) is 0.618. The highest BCUT2D eigenvalue weighted by molar-refractivity contribution is 6.05. The number of amides is 1. The lowest BCUT2D eigenvalue weighted by Gasteiger charge is -2.12. The molecule has 0 aromatic heterocycles. The number of hydrogen-bond acceptors (Lipinski definition) is 5. The first-order valence-electron chi connectivity index (χ1n) is 8.81. The van der Waals surface area contributed by atoms with Crippen molar-refractivity contribution < 1.29 is 23.8 Å². The maximum absolute atomic E-state index is 12.4. The highest BCUT2D eigenvalue weighted by Gasteiger charge is 2.11. The summed E-state index contributed by atoms with van der Waals surface area (Å²) in [4.78, 5) is 24.1. The van der Waals surface area contributed by atoms with E-state index in [1.54, 1.807) is 37.4 Å². The summed E-state index contributed by atoms with van der Waals surface area (Å²) in [5.74, 6) is 0.397. The number of methoxy groups -OCH3 is 1. The average Bonchev–Trinajstić information content (AvgIpc) is 2.66. The molecule has 1 atom stereocenters. The molecule has 2 rings (SSSR count). The van der Waals surface area contributed by atoms with Gasteiger partial charge in [-0.1, -0.05) is 13.0 Å². The van der Waals surface area contributed by atoms with Gasteiger partial charge in [0.2, 0.25) is 0 Å². The van der Waals surface area contributed by atoms with Gasteiger partial charge in [0.25, 0.3) is 5.91 Å². The summed E-state index contributed by atoms with van der Waals surface area (Å²) in [5.41, 5.74) is 2.09. The molecule has 0 radical (unpaired) electrons. The summed E-state index contributed by atoms with van der Waals surface area (Å²) in [6.45, 7) is 5.54. The molecule has 1 N–H and O–H groups in total. The van der Waals surface area contributed by atoms with Crippen LogP contribution in [-0.4, -0.2) is 31.7 Å². The van der Waals surface area contributed by atoms with Crippen LogP contribution < -0.4 is 14.8 Å². The van der Waals surface area contributed by atoms with Gasteiger partial charge in [0.05, 0.1) is 18.9 Å². The molecule has 2 aromatic rings. The first kappa shape index (κ1) is 20.3. The topological polar surface area (TPSA) is 73.9 Å². The molecule has 0 aliphatic rings. The average molecular weight is 371 g/mol. The standard InChI is InChI=1S/C21H25NO5/c1-5-15(3)27-20(23)13-26-17-9-7-16(8-10-17)21(24)22-18-12-14(2)6-11-19(18)25-4/h6-12,15H,5,13H2,1-4H3,(H,22,24)/t15-/m1/s1. The van der Waals surface area contributed by atoms with Gasteiger partial charge in [-0.3, -0.25) is 4.79 Å². The van der Waals surface area contributed by atoms with E-state index in [0.29, 0.717) is 22.7 Å². The Labute approximate surface area is 159 Å². The predicted octanol–water partition coefficient (Wildman–Crippen LogP) is 3.98. The van der Waals surface area contributed by atoms with Gasteiger partial charge < -0.3 is 19.5 Å². The van der Waals surface area contributed by atoms with Crippen LogP contribution in [0.5, 0.6) is 11.5 Å². The van der Waals surface area contributed by atoms with Crippen molar-refractivity contribution in [2.24, 2.45) is 0 Å². The zero-order chi connectivity index (χ0) is 19.8. The molecular formula is C21H25NO5. The molecular weight excluding hydrogens is 346 g/mol. The zero-order valence-electron chi connectivity index (χ0n) is 16.1. The van der Waals surface area contributed by atoms with Crippen LogP contribution in [0.3, 0.4) is 0 Å². The summed E-state index contributed by atoms with van der Waals surface area (Å²) >= 11 is 0. The molecule has 0 saturated heterocycles. The third kappa shape index (κ3) is 6.02. The Morgan fingerprint density at radius 1 is 1.11 bits per heavy atom. The molecule has 27 heavy (non-hydrogen) atoms. The van der Waals surface area contributed by atoms with Gasteiger partial charge >= 0.3 is 5.97 Å². The summed E-state index contributed by atoms with van der Waals surface area (Å²) in [5, 5.41) is 2.84. The summed E-state index contributed by atoms with van der Waals surface area (Å²) in [7, 11) is 1.55. The van der Waals surface area contributed by atoms with Crippen molar-refractivity contribution in [1.29, 1.82) is 0 Å². The molecule has 6 nitrogen and oxygen atoms in total. The van der Waals surface area contributed by atoms with Crippen LogP contribution in [0, 0.1) is 6.92 Å². The minimum absolute atomic E-state index is 0.134. The Morgan fingerprint density at radius 3 is 2.44 bits per heavy atom. The number of carbonyl (C=O) groups excluding carboxylic acids is 2. The fourth-order valence-electron chi connectivity index (χ4n) is 2.30. The Balaban J connectivity index is 1.95. The largest absolute Gasteiger partial charge is 0.495 e. The van der Waals surface area contributed by atoms with Crippen molar-refractivity contribution in [3.05, 3.63) is 53.6 Å². The number of esters is 1. The molecule has 0 spiro atoms. The molecule has 144 valence electrons. The van der Waals surface area contributed by atoms with Crippen molar-refractivity contribution in [2.45, 2.75) is 33.3 Å². The van der Waals surface area contributed by atoms with Gasteiger partial charge in [0, 0.05) is 5.56 Å². The first-order chi connectivity index (χ1) is 12.9. The van der Waals surface area contributed by atoms with E-state index in [2.05, 4.69) is 5.32 Å². The zero-order valence-corrected chi connectivity index (χ0v) is 16.1. The van der Waals surface area contributed by atoms with Gasteiger partial charge in [0.15, 0.2) is 6.61 Å². The molecule has 6 heteroatoms. The normalized spacial score (nSPS) is 11.4. The molecule has 2 aromatic carbocycles. The molecule has 0 aliphatic carbocycles. The fourth-order valence-corrected chi connectivity index (χ4v) is 2.30. The van der Waals surface area contributed by atoms with Crippen molar-refractivity contribution in [2.75, 3.05) is 19.0 Å². The van der Waals surface area contributed by atoms with E-state index < -0.39 is 5.97 Å². The second-order valence-electron chi connectivity index (χ2n) is 6.18. The SMILES string of the molecule is CC[C@@H](C)OC(=O)COc1ccc(C(=O)Nc2cc(C)ccc2OC)cc1. The Kier molecular flexibility index (Phi) is 7.23. The number of benzene rings is 2. The number of aryl methyl sites for hydroxylation is 1. The van der Waals surface area contributed by atoms with Gasteiger partial charge in [0.1, 0.15) is 11.5 Å². The number of hydrogen-bond donors (Lipinski definition) is 1. The molecule has 1 amide bonds. The van der Waals surface area contributed by atoms with Crippen molar-refractivity contribution in [3.8, 4) is 11.5 Å². The van der Waals surface area contributed by atoms with E-state index in [-0.39, 0.29) is 18.6 Å². The second kappa shape index (κ2) is 9.62. The maximum atomic E-state index is 12.4. The molecule has 0 fully saturated rings. The van der Waals surface area contributed by atoms with Crippen LogP contribution in [-0.2, 0) is 9.53 Å². The van der Waals surface area contributed by atoms with Crippen LogP contribution in [0.25, 0.3) is 0 Å². The Morgan fingerprint density at radius 2 is 1.81 bits per heavy atom. The predicted molar refractivity (Wildman–Crippen MR) is 103 cm³/mol. The van der Waals surface area contributed by atoms with Crippen LogP contribution in [0.1, 0.15) is 36.2 Å². The molecule has 0 bridgehead atoms. The number of ether oxygens (including phenoxy) is 3. The summed E-state index contributed by atoms with van der Waals surface area (Å²) in [6, 6.07) is 12.1.